The van der Waals surface area contributed by atoms with E-state index in [9.17, 15) is 9.90 Å². The first kappa shape index (κ1) is 14.7. The summed E-state index contributed by atoms with van der Waals surface area (Å²) in [6.07, 6.45) is 0.468. The van der Waals surface area contributed by atoms with E-state index in [1.165, 1.54) is 0 Å². The van der Waals surface area contributed by atoms with Gasteiger partial charge in [0.2, 0.25) is 0 Å². The third kappa shape index (κ3) is 4.85. The van der Waals surface area contributed by atoms with Crippen LogP contribution in [0, 0.1) is 0 Å². The number of rotatable bonds is 7. The van der Waals surface area contributed by atoms with E-state index in [0.29, 0.717) is 13.0 Å². The van der Waals surface area contributed by atoms with Crippen molar-refractivity contribution in [2.45, 2.75) is 31.9 Å². The molecule has 18 heavy (non-hydrogen) atoms. The first-order chi connectivity index (χ1) is 8.44. The van der Waals surface area contributed by atoms with Crippen molar-refractivity contribution in [3.8, 4) is 0 Å². The number of benzene rings is 1. The fraction of sp³-hybridized carbons (Fsp3) is 0.500. The number of methoxy groups -OCH3 is 1. The van der Waals surface area contributed by atoms with Crippen molar-refractivity contribution in [2.24, 2.45) is 0 Å². The lowest BCUT2D eigenvalue weighted by molar-refractivity contribution is -0.139. The second-order valence-electron chi connectivity index (χ2n) is 4.93. The Morgan fingerprint density at radius 1 is 1.39 bits per heavy atom. The number of carboxylic acid groups (broad SMARTS) is 1. The van der Waals surface area contributed by atoms with Crippen molar-refractivity contribution in [2.75, 3.05) is 13.7 Å². The average molecular weight is 251 g/mol. The molecule has 0 aromatic heterocycles. The average Bonchev–Trinajstić information content (AvgIpc) is 2.35. The predicted molar refractivity (Wildman–Crippen MR) is 70.7 cm³/mol. The van der Waals surface area contributed by atoms with Gasteiger partial charge in [-0.25, -0.2) is 0 Å². The van der Waals surface area contributed by atoms with Gasteiger partial charge in [-0.2, -0.15) is 0 Å². The third-order valence-corrected chi connectivity index (χ3v) is 2.91. The summed E-state index contributed by atoms with van der Waals surface area (Å²) in [5.41, 5.74) is 0.636. The zero-order chi connectivity index (χ0) is 13.6. The summed E-state index contributed by atoms with van der Waals surface area (Å²) in [6, 6.07) is 9.00. The molecule has 0 saturated heterocycles. The minimum absolute atomic E-state index is 0.371. The lowest BCUT2D eigenvalue weighted by atomic mass is 10.0. The van der Waals surface area contributed by atoms with Gasteiger partial charge in [-0.15, -0.1) is 0 Å². The van der Waals surface area contributed by atoms with Gasteiger partial charge in [0.1, 0.15) is 6.04 Å². The first-order valence-electron chi connectivity index (χ1n) is 6.00. The molecule has 2 N–H and O–H groups in total. The molecule has 0 radical (unpaired) electrons. The van der Waals surface area contributed by atoms with Crippen LogP contribution < -0.4 is 5.32 Å². The van der Waals surface area contributed by atoms with Gasteiger partial charge in [0, 0.05) is 13.7 Å². The van der Waals surface area contributed by atoms with Gasteiger partial charge in [0.25, 0.3) is 0 Å². The maximum absolute atomic E-state index is 11.2. The van der Waals surface area contributed by atoms with E-state index < -0.39 is 12.0 Å². The van der Waals surface area contributed by atoms with Crippen LogP contribution in [0.25, 0.3) is 0 Å². The Bertz CT molecular complexity index is 376. The second kappa shape index (κ2) is 6.52. The highest BCUT2D eigenvalue weighted by Crippen LogP contribution is 2.08. The van der Waals surface area contributed by atoms with Gasteiger partial charge >= 0.3 is 5.97 Å². The molecule has 0 aliphatic carbocycles. The van der Waals surface area contributed by atoms with E-state index in [-0.39, 0.29) is 5.60 Å². The SMILES string of the molecule is COC(C)(C)CN[C@@H](Cc1ccccc1)C(=O)O. The van der Waals surface area contributed by atoms with Gasteiger partial charge in [0.15, 0.2) is 0 Å². The lowest BCUT2D eigenvalue weighted by Crippen LogP contribution is -2.46. The predicted octanol–water partition coefficient (Wildman–Crippen LogP) is 1.70. The number of carboxylic acids is 1. The largest absolute Gasteiger partial charge is 0.480 e. The summed E-state index contributed by atoms with van der Waals surface area (Å²) < 4.78 is 5.26. The van der Waals surface area contributed by atoms with Crippen molar-refractivity contribution in [3.63, 3.8) is 0 Å². The minimum atomic E-state index is -0.842. The second-order valence-corrected chi connectivity index (χ2v) is 4.93. The molecule has 1 aromatic carbocycles. The van der Waals surface area contributed by atoms with E-state index in [4.69, 9.17) is 4.74 Å². The van der Waals surface area contributed by atoms with Gasteiger partial charge in [-0.05, 0) is 25.8 Å². The van der Waals surface area contributed by atoms with Crippen LogP contribution in [0.4, 0.5) is 0 Å². The number of hydrogen-bond donors (Lipinski definition) is 2. The zero-order valence-corrected chi connectivity index (χ0v) is 11.1. The molecule has 1 rings (SSSR count). The Morgan fingerprint density at radius 3 is 2.50 bits per heavy atom. The Balaban J connectivity index is 2.59. The summed E-state index contributed by atoms with van der Waals surface area (Å²) in [4.78, 5) is 11.2. The molecule has 4 nitrogen and oxygen atoms in total. The third-order valence-electron chi connectivity index (χ3n) is 2.91. The normalized spacial score (nSPS) is 13.3. The Labute approximate surface area is 108 Å². The molecule has 0 heterocycles. The number of carbonyl (C=O) groups is 1. The smallest absolute Gasteiger partial charge is 0.321 e. The maximum Gasteiger partial charge on any atom is 0.321 e. The summed E-state index contributed by atoms with van der Waals surface area (Å²) >= 11 is 0. The van der Waals surface area contributed by atoms with E-state index in [1.807, 2.05) is 44.2 Å². The molecule has 0 aliphatic heterocycles. The van der Waals surface area contributed by atoms with Crippen LogP contribution in [0.15, 0.2) is 30.3 Å². The summed E-state index contributed by atoms with van der Waals surface area (Å²) in [5.74, 6) is -0.842. The van der Waals surface area contributed by atoms with Crippen molar-refractivity contribution in [1.29, 1.82) is 0 Å². The van der Waals surface area contributed by atoms with Crippen LogP contribution in [-0.2, 0) is 16.0 Å². The van der Waals surface area contributed by atoms with Crippen molar-refractivity contribution in [3.05, 3.63) is 35.9 Å². The summed E-state index contributed by atoms with van der Waals surface area (Å²) in [6.45, 7) is 4.33. The highest BCUT2D eigenvalue weighted by atomic mass is 16.5. The molecule has 0 unspecified atom stereocenters. The van der Waals surface area contributed by atoms with Crippen molar-refractivity contribution < 1.29 is 14.6 Å². The lowest BCUT2D eigenvalue weighted by Gasteiger charge is -2.25. The molecule has 1 aromatic rings. The summed E-state index contributed by atoms with van der Waals surface area (Å²) in [5, 5.41) is 12.2. The van der Waals surface area contributed by atoms with Crippen molar-refractivity contribution >= 4 is 5.97 Å². The molecule has 0 amide bonds. The minimum Gasteiger partial charge on any atom is -0.480 e. The first-order valence-corrected chi connectivity index (χ1v) is 6.00. The molecule has 0 bridgehead atoms. The van der Waals surface area contributed by atoms with Crippen molar-refractivity contribution in [1.82, 2.24) is 5.32 Å². The molecule has 0 fully saturated rings. The van der Waals surface area contributed by atoms with E-state index >= 15 is 0 Å². The standard InChI is InChI=1S/C14H21NO3/c1-14(2,18-3)10-15-12(13(16)17)9-11-7-5-4-6-8-11/h4-8,12,15H,9-10H2,1-3H3,(H,16,17)/t12-/m0/s1. The molecule has 4 heteroatoms. The van der Waals surface area contributed by atoms with Crippen LogP contribution >= 0.6 is 0 Å². The number of hydrogen-bond acceptors (Lipinski definition) is 3. The fourth-order valence-corrected chi connectivity index (χ4v) is 1.54. The number of nitrogens with one attached hydrogen (secondary N) is 1. The Kier molecular flexibility index (Phi) is 5.31. The summed E-state index contributed by atoms with van der Waals surface area (Å²) in [7, 11) is 1.62. The van der Waals surface area contributed by atoms with Gasteiger partial charge in [-0.3, -0.25) is 4.79 Å². The van der Waals surface area contributed by atoms with Crippen LogP contribution in [0.3, 0.4) is 0 Å². The monoisotopic (exact) mass is 251 g/mol. The van der Waals surface area contributed by atoms with Gasteiger partial charge < -0.3 is 15.2 Å². The topological polar surface area (TPSA) is 58.6 Å². The Hall–Kier alpha value is -1.39. The van der Waals surface area contributed by atoms with Crippen LogP contribution in [0.2, 0.25) is 0 Å². The highest BCUT2D eigenvalue weighted by Gasteiger charge is 2.22. The van der Waals surface area contributed by atoms with Crippen LogP contribution in [0.5, 0.6) is 0 Å². The highest BCUT2D eigenvalue weighted by molar-refractivity contribution is 5.73. The van der Waals surface area contributed by atoms with Crippen LogP contribution in [0.1, 0.15) is 19.4 Å². The number of aliphatic carboxylic acids is 1. The molecule has 0 saturated carbocycles. The van der Waals surface area contributed by atoms with E-state index in [2.05, 4.69) is 5.32 Å². The molecule has 0 aliphatic rings. The maximum atomic E-state index is 11.2. The molecule has 0 spiro atoms. The van der Waals surface area contributed by atoms with E-state index in [0.717, 1.165) is 5.56 Å². The zero-order valence-electron chi connectivity index (χ0n) is 11.1. The fourth-order valence-electron chi connectivity index (χ4n) is 1.54. The number of ether oxygens (including phenoxy) is 1. The molecule has 100 valence electrons. The Morgan fingerprint density at radius 2 is 2.00 bits per heavy atom. The quantitative estimate of drug-likeness (QED) is 0.774. The van der Waals surface area contributed by atoms with Crippen LogP contribution in [-0.4, -0.2) is 36.4 Å². The van der Waals surface area contributed by atoms with Gasteiger partial charge in [-0.1, -0.05) is 30.3 Å². The van der Waals surface area contributed by atoms with Gasteiger partial charge in [0.05, 0.1) is 5.60 Å². The molecular weight excluding hydrogens is 230 g/mol. The molecule has 1 atom stereocenters. The van der Waals surface area contributed by atoms with E-state index in [1.54, 1.807) is 7.11 Å². The molecular formula is C14H21NO3.